The Morgan fingerprint density at radius 2 is 1.61 bits per heavy atom. The lowest BCUT2D eigenvalue weighted by Crippen LogP contribution is -2.43. The predicted molar refractivity (Wildman–Crippen MR) is 104 cm³/mol. The number of carbonyl (C=O) groups is 3. The van der Waals surface area contributed by atoms with E-state index in [-0.39, 0.29) is 19.0 Å². The van der Waals surface area contributed by atoms with Gasteiger partial charge in [-0.2, -0.15) is 0 Å². The highest BCUT2D eigenvalue weighted by molar-refractivity contribution is 5.93. The van der Waals surface area contributed by atoms with E-state index in [0.29, 0.717) is 24.5 Å². The molecule has 0 bridgehead atoms. The molecular formula is C19H29N3O6. The van der Waals surface area contributed by atoms with Gasteiger partial charge in [-0.15, -0.1) is 0 Å². The molecule has 0 unspecified atom stereocenters. The average Bonchev–Trinajstić information content (AvgIpc) is 2.59. The van der Waals surface area contributed by atoms with Gasteiger partial charge in [0.1, 0.15) is 5.60 Å². The van der Waals surface area contributed by atoms with Crippen LogP contribution in [-0.2, 0) is 20.7 Å². The Hall–Kier alpha value is -2.81. The quantitative estimate of drug-likeness (QED) is 0.571. The Morgan fingerprint density at radius 1 is 0.964 bits per heavy atom. The maximum Gasteiger partial charge on any atom is 0.414 e. The third-order valence-corrected chi connectivity index (χ3v) is 3.40. The van der Waals surface area contributed by atoms with Crippen molar-refractivity contribution in [1.29, 1.82) is 0 Å². The Morgan fingerprint density at radius 3 is 2.21 bits per heavy atom. The van der Waals surface area contributed by atoms with Crippen LogP contribution in [0.5, 0.6) is 11.5 Å². The minimum atomic E-state index is -0.821. The minimum absolute atomic E-state index is 0.0479. The summed E-state index contributed by atoms with van der Waals surface area (Å²) in [4.78, 5) is 34.9. The number of rotatable bonds is 9. The van der Waals surface area contributed by atoms with Gasteiger partial charge in [-0.3, -0.25) is 20.2 Å². The van der Waals surface area contributed by atoms with Gasteiger partial charge in [0.25, 0.3) is 0 Å². The molecule has 156 valence electrons. The molecule has 0 saturated carbocycles. The first-order chi connectivity index (χ1) is 13.1. The molecule has 0 heterocycles. The van der Waals surface area contributed by atoms with E-state index in [2.05, 4.69) is 16.0 Å². The number of benzene rings is 1. The number of hydrogen-bond donors (Lipinski definition) is 3. The van der Waals surface area contributed by atoms with E-state index >= 15 is 0 Å². The Labute approximate surface area is 165 Å². The summed E-state index contributed by atoms with van der Waals surface area (Å²) < 4.78 is 15.4. The molecule has 1 aromatic carbocycles. The van der Waals surface area contributed by atoms with E-state index in [1.165, 1.54) is 0 Å². The Bertz CT molecular complexity index is 685. The van der Waals surface area contributed by atoms with Gasteiger partial charge < -0.3 is 19.5 Å². The largest absolute Gasteiger partial charge is 0.493 e. The highest BCUT2D eigenvalue weighted by Crippen LogP contribution is 2.27. The number of amides is 3. The molecule has 28 heavy (non-hydrogen) atoms. The van der Waals surface area contributed by atoms with E-state index in [9.17, 15) is 14.4 Å². The topological polar surface area (TPSA) is 115 Å². The summed E-state index contributed by atoms with van der Waals surface area (Å²) in [6.07, 6.45) is -0.204. The number of nitrogens with one attached hydrogen (secondary N) is 3. The Balaban J connectivity index is 2.25. The Kier molecular flexibility index (Phi) is 9.23. The van der Waals surface area contributed by atoms with Crippen molar-refractivity contribution in [3.63, 3.8) is 0 Å². The van der Waals surface area contributed by atoms with Crippen molar-refractivity contribution in [2.24, 2.45) is 0 Å². The van der Waals surface area contributed by atoms with E-state index in [4.69, 9.17) is 14.2 Å². The molecule has 0 aliphatic rings. The van der Waals surface area contributed by atoms with Crippen LogP contribution in [0, 0.1) is 0 Å². The van der Waals surface area contributed by atoms with Crippen LogP contribution in [0.3, 0.4) is 0 Å². The molecule has 3 amide bonds. The molecule has 0 atom stereocenters. The van der Waals surface area contributed by atoms with Gasteiger partial charge in [0.05, 0.1) is 27.3 Å². The summed E-state index contributed by atoms with van der Waals surface area (Å²) in [6.45, 7) is 5.29. The number of hydrogen-bond acceptors (Lipinski definition) is 7. The SMILES string of the molecule is COc1ccc(CCNC(=O)CNCC(=O)NC(=O)OC(C)(C)C)cc1OC. The fourth-order valence-corrected chi connectivity index (χ4v) is 2.20. The normalized spacial score (nSPS) is 10.8. The van der Waals surface area contributed by atoms with E-state index in [0.717, 1.165) is 5.56 Å². The molecule has 0 spiro atoms. The molecule has 0 aromatic heterocycles. The molecule has 0 aliphatic heterocycles. The van der Waals surface area contributed by atoms with Crippen LogP contribution in [-0.4, -0.2) is 57.4 Å². The number of carbonyl (C=O) groups excluding carboxylic acids is 3. The fourth-order valence-electron chi connectivity index (χ4n) is 2.20. The fraction of sp³-hybridized carbons (Fsp3) is 0.526. The highest BCUT2D eigenvalue weighted by Gasteiger charge is 2.18. The second-order valence-electron chi connectivity index (χ2n) is 6.94. The van der Waals surface area contributed by atoms with Crippen molar-refractivity contribution >= 4 is 17.9 Å². The van der Waals surface area contributed by atoms with Crippen LogP contribution in [0.25, 0.3) is 0 Å². The number of ether oxygens (including phenoxy) is 3. The first-order valence-electron chi connectivity index (χ1n) is 8.85. The lowest BCUT2D eigenvalue weighted by Gasteiger charge is -2.19. The number of methoxy groups -OCH3 is 2. The standard InChI is InChI=1S/C19H29N3O6/c1-19(2,3)28-18(25)22-17(24)12-20-11-16(23)21-9-8-13-6-7-14(26-4)15(10-13)27-5/h6-7,10,20H,8-9,11-12H2,1-5H3,(H,21,23)(H,22,24,25). The van der Waals surface area contributed by atoms with Crippen LogP contribution in [0.1, 0.15) is 26.3 Å². The zero-order valence-electron chi connectivity index (χ0n) is 17.0. The van der Waals surface area contributed by atoms with Gasteiger partial charge >= 0.3 is 6.09 Å². The monoisotopic (exact) mass is 395 g/mol. The van der Waals surface area contributed by atoms with E-state index in [1.807, 2.05) is 12.1 Å². The third-order valence-electron chi connectivity index (χ3n) is 3.40. The molecule has 0 fully saturated rings. The van der Waals surface area contributed by atoms with Crippen LogP contribution in [0.4, 0.5) is 4.79 Å². The first-order valence-corrected chi connectivity index (χ1v) is 8.85. The predicted octanol–water partition coefficient (Wildman–Crippen LogP) is 1.00. The van der Waals surface area contributed by atoms with Crippen molar-refractivity contribution in [2.45, 2.75) is 32.8 Å². The van der Waals surface area contributed by atoms with E-state index < -0.39 is 17.6 Å². The van der Waals surface area contributed by atoms with Crippen LogP contribution in [0.2, 0.25) is 0 Å². The number of alkyl carbamates (subject to hydrolysis) is 1. The third kappa shape index (κ3) is 9.22. The van der Waals surface area contributed by atoms with Crippen LogP contribution in [0.15, 0.2) is 18.2 Å². The molecular weight excluding hydrogens is 366 g/mol. The van der Waals surface area contributed by atoms with Crippen molar-refractivity contribution in [3.8, 4) is 11.5 Å². The molecule has 1 rings (SSSR count). The van der Waals surface area contributed by atoms with Crippen LogP contribution < -0.4 is 25.4 Å². The van der Waals surface area contributed by atoms with Crippen molar-refractivity contribution in [2.75, 3.05) is 33.9 Å². The van der Waals surface area contributed by atoms with Crippen molar-refractivity contribution in [3.05, 3.63) is 23.8 Å². The van der Waals surface area contributed by atoms with Gasteiger partial charge in [0.15, 0.2) is 11.5 Å². The smallest absolute Gasteiger partial charge is 0.414 e. The first kappa shape index (κ1) is 23.2. The average molecular weight is 395 g/mol. The molecule has 3 N–H and O–H groups in total. The van der Waals surface area contributed by atoms with Crippen molar-refractivity contribution < 1.29 is 28.6 Å². The zero-order chi connectivity index (χ0) is 21.2. The summed E-state index contributed by atoms with van der Waals surface area (Å²) in [5, 5.41) is 7.49. The molecule has 1 aromatic rings. The lowest BCUT2D eigenvalue weighted by atomic mass is 10.1. The minimum Gasteiger partial charge on any atom is -0.493 e. The highest BCUT2D eigenvalue weighted by atomic mass is 16.6. The molecule has 0 saturated heterocycles. The zero-order valence-corrected chi connectivity index (χ0v) is 17.0. The van der Waals surface area contributed by atoms with Gasteiger partial charge in [-0.05, 0) is 44.9 Å². The van der Waals surface area contributed by atoms with Gasteiger partial charge in [0.2, 0.25) is 11.8 Å². The van der Waals surface area contributed by atoms with Gasteiger partial charge in [-0.25, -0.2) is 4.79 Å². The summed E-state index contributed by atoms with van der Waals surface area (Å²) in [6, 6.07) is 5.55. The summed E-state index contributed by atoms with van der Waals surface area (Å²) >= 11 is 0. The van der Waals surface area contributed by atoms with Gasteiger partial charge in [-0.1, -0.05) is 6.07 Å². The summed E-state index contributed by atoms with van der Waals surface area (Å²) in [5.74, 6) is 0.436. The second kappa shape index (κ2) is 11.1. The second-order valence-corrected chi connectivity index (χ2v) is 6.94. The maximum atomic E-state index is 11.8. The maximum absolute atomic E-state index is 11.8. The van der Waals surface area contributed by atoms with Crippen molar-refractivity contribution in [1.82, 2.24) is 16.0 Å². The van der Waals surface area contributed by atoms with Crippen LogP contribution >= 0.6 is 0 Å². The molecule has 0 radical (unpaired) electrons. The van der Waals surface area contributed by atoms with E-state index in [1.54, 1.807) is 41.1 Å². The summed E-state index contributed by atoms with van der Waals surface area (Å²) in [5.41, 5.74) is 0.300. The lowest BCUT2D eigenvalue weighted by molar-refractivity contribution is -0.121. The number of imide groups is 1. The molecule has 0 aliphatic carbocycles. The summed E-state index contributed by atoms with van der Waals surface area (Å²) in [7, 11) is 3.13. The molecule has 9 heteroatoms. The molecule has 9 nitrogen and oxygen atoms in total. The van der Waals surface area contributed by atoms with Gasteiger partial charge in [0, 0.05) is 6.54 Å².